The van der Waals surface area contributed by atoms with Gasteiger partial charge in [-0.2, -0.15) is 5.10 Å². The van der Waals surface area contributed by atoms with Gasteiger partial charge in [-0.25, -0.2) is 0 Å². The van der Waals surface area contributed by atoms with E-state index in [1.54, 1.807) is 12.4 Å². The van der Waals surface area contributed by atoms with Gasteiger partial charge in [-0.1, -0.05) is 17.7 Å². The number of aromatic nitrogens is 2. The van der Waals surface area contributed by atoms with Crippen LogP contribution in [0.5, 0.6) is 0 Å². The summed E-state index contributed by atoms with van der Waals surface area (Å²) in [6.45, 7) is 3.93. The van der Waals surface area contributed by atoms with Crippen molar-refractivity contribution in [3.8, 4) is 0 Å². The Morgan fingerprint density at radius 2 is 2.19 bits per heavy atom. The Balaban J connectivity index is 2.21. The van der Waals surface area contributed by atoms with Crippen LogP contribution in [0.25, 0.3) is 0 Å². The smallest absolute Gasteiger partial charge is 0.256 e. The molecule has 0 fully saturated rings. The molecule has 0 aliphatic heterocycles. The molecule has 0 aliphatic rings. The van der Waals surface area contributed by atoms with Crippen LogP contribution in [-0.2, 0) is 0 Å². The number of aryl methyl sites for hydroxylation is 2. The number of aromatic amines is 1. The zero-order chi connectivity index (χ0) is 11.5. The van der Waals surface area contributed by atoms with Crippen molar-refractivity contribution in [3.05, 3.63) is 47.3 Å². The topological polar surface area (TPSA) is 57.8 Å². The molecule has 1 aromatic carbocycles. The van der Waals surface area contributed by atoms with Gasteiger partial charge in [0, 0.05) is 11.8 Å². The van der Waals surface area contributed by atoms with Crippen LogP contribution in [0.3, 0.4) is 0 Å². The maximum Gasteiger partial charge on any atom is 0.256 e. The van der Waals surface area contributed by atoms with Crippen LogP contribution in [0.1, 0.15) is 21.5 Å². The summed E-state index contributed by atoms with van der Waals surface area (Å²) in [5.41, 5.74) is 3.48. The Bertz CT molecular complexity index is 503. The molecule has 2 N–H and O–H groups in total. The summed E-state index contributed by atoms with van der Waals surface area (Å²) in [4.78, 5) is 11.9. The van der Waals surface area contributed by atoms with E-state index in [1.807, 2.05) is 32.0 Å². The molecule has 2 rings (SSSR count). The zero-order valence-electron chi connectivity index (χ0n) is 9.24. The van der Waals surface area contributed by atoms with Crippen molar-refractivity contribution in [1.82, 2.24) is 10.2 Å². The average Bonchev–Trinajstić information content (AvgIpc) is 2.70. The van der Waals surface area contributed by atoms with Crippen molar-refractivity contribution < 1.29 is 4.79 Å². The average molecular weight is 215 g/mol. The summed E-state index contributed by atoms with van der Waals surface area (Å²) >= 11 is 0. The number of H-pyrrole nitrogens is 1. The molecule has 0 bridgehead atoms. The molecular formula is C12H13N3O. The Morgan fingerprint density at radius 3 is 2.81 bits per heavy atom. The van der Waals surface area contributed by atoms with E-state index in [-0.39, 0.29) is 5.91 Å². The fourth-order valence-corrected chi connectivity index (χ4v) is 1.59. The predicted octanol–water partition coefficient (Wildman–Crippen LogP) is 2.28. The fourth-order valence-electron chi connectivity index (χ4n) is 1.59. The first-order chi connectivity index (χ1) is 7.66. The lowest BCUT2D eigenvalue weighted by Crippen LogP contribution is -2.12. The summed E-state index contributed by atoms with van der Waals surface area (Å²) < 4.78 is 0. The highest BCUT2D eigenvalue weighted by atomic mass is 16.1. The minimum Gasteiger partial charge on any atom is -0.319 e. The van der Waals surface area contributed by atoms with Crippen molar-refractivity contribution >= 4 is 11.6 Å². The van der Waals surface area contributed by atoms with Gasteiger partial charge >= 0.3 is 0 Å². The quantitative estimate of drug-likeness (QED) is 0.807. The van der Waals surface area contributed by atoms with E-state index < -0.39 is 0 Å². The third-order valence-electron chi connectivity index (χ3n) is 2.38. The van der Waals surface area contributed by atoms with Gasteiger partial charge in [0.05, 0.1) is 11.9 Å². The second-order valence-corrected chi connectivity index (χ2v) is 3.76. The lowest BCUT2D eigenvalue weighted by atomic mass is 10.1. The largest absolute Gasteiger partial charge is 0.319 e. The molecule has 2 aromatic rings. The van der Waals surface area contributed by atoms with E-state index in [4.69, 9.17) is 0 Å². The molecule has 0 atom stereocenters. The number of hydrogen-bond donors (Lipinski definition) is 2. The van der Waals surface area contributed by atoms with Crippen LogP contribution in [0.15, 0.2) is 30.6 Å². The number of nitrogens with zero attached hydrogens (tertiary/aromatic N) is 1. The normalized spacial score (nSPS) is 10.1. The number of hydrogen-bond acceptors (Lipinski definition) is 2. The van der Waals surface area contributed by atoms with Crippen molar-refractivity contribution in [2.75, 3.05) is 5.32 Å². The van der Waals surface area contributed by atoms with Crippen LogP contribution in [0, 0.1) is 13.8 Å². The van der Waals surface area contributed by atoms with Gasteiger partial charge in [0.1, 0.15) is 0 Å². The monoisotopic (exact) mass is 215 g/mol. The molecule has 0 radical (unpaired) electrons. The maximum atomic E-state index is 11.9. The van der Waals surface area contributed by atoms with Gasteiger partial charge < -0.3 is 5.32 Å². The number of amides is 1. The molecule has 1 heterocycles. The van der Waals surface area contributed by atoms with Gasteiger partial charge in [0.25, 0.3) is 5.91 Å². The third-order valence-corrected chi connectivity index (χ3v) is 2.38. The Labute approximate surface area is 93.7 Å². The molecule has 1 aromatic heterocycles. The number of benzene rings is 1. The molecule has 82 valence electrons. The molecule has 0 saturated heterocycles. The molecule has 4 nitrogen and oxygen atoms in total. The molecule has 4 heteroatoms. The number of nitrogens with one attached hydrogen (secondary N) is 2. The first kappa shape index (κ1) is 10.4. The Hall–Kier alpha value is -2.10. The van der Waals surface area contributed by atoms with Gasteiger partial charge in [-0.15, -0.1) is 0 Å². The van der Waals surface area contributed by atoms with Crippen LogP contribution >= 0.6 is 0 Å². The van der Waals surface area contributed by atoms with Crippen molar-refractivity contribution in [1.29, 1.82) is 0 Å². The summed E-state index contributed by atoms with van der Waals surface area (Å²) in [5.74, 6) is -0.112. The van der Waals surface area contributed by atoms with Gasteiger partial charge in [0.2, 0.25) is 0 Å². The molecular weight excluding hydrogens is 202 g/mol. The van der Waals surface area contributed by atoms with E-state index in [0.29, 0.717) is 11.3 Å². The van der Waals surface area contributed by atoms with E-state index in [0.717, 1.165) is 11.1 Å². The van der Waals surface area contributed by atoms with Crippen LogP contribution in [0.4, 0.5) is 5.69 Å². The van der Waals surface area contributed by atoms with Gasteiger partial charge in [0.15, 0.2) is 0 Å². The first-order valence-electron chi connectivity index (χ1n) is 5.04. The van der Waals surface area contributed by atoms with E-state index in [2.05, 4.69) is 15.5 Å². The molecule has 0 aliphatic carbocycles. The Morgan fingerprint density at radius 1 is 1.38 bits per heavy atom. The SMILES string of the molecule is Cc1ccc(C(=O)Nc2cn[nH]c2)c(C)c1. The first-order valence-corrected chi connectivity index (χ1v) is 5.04. The lowest BCUT2D eigenvalue weighted by molar-refractivity contribution is 0.102. The highest BCUT2D eigenvalue weighted by Gasteiger charge is 2.09. The van der Waals surface area contributed by atoms with Crippen molar-refractivity contribution in [2.24, 2.45) is 0 Å². The number of carbonyl (C=O) groups excluding carboxylic acids is 1. The Kier molecular flexibility index (Phi) is 2.72. The molecule has 0 unspecified atom stereocenters. The summed E-state index contributed by atoms with van der Waals surface area (Å²) in [7, 11) is 0. The van der Waals surface area contributed by atoms with Crippen molar-refractivity contribution in [2.45, 2.75) is 13.8 Å². The standard InChI is InChI=1S/C12H13N3O/c1-8-3-4-11(9(2)5-8)12(16)15-10-6-13-14-7-10/h3-7H,1-2H3,(H,13,14)(H,15,16). The number of carbonyl (C=O) groups is 1. The van der Waals surface area contributed by atoms with Crippen LogP contribution in [-0.4, -0.2) is 16.1 Å². The highest BCUT2D eigenvalue weighted by molar-refractivity contribution is 6.05. The molecule has 0 saturated carbocycles. The highest BCUT2D eigenvalue weighted by Crippen LogP contribution is 2.12. The van der Waals surface area contributed by atoms with Crippen LogP contribution < -0.4 is 5.32 Å². The van der Waals surface area contributed by atoms with Crippen molar-refractivity contribution in [3.63, 3.8) is 0 Å². The lowest BCUT2D eigenvalue weighted by Gasteiger charge is -2.06. The van der Waals surface area contributed by atoms with Crippen LogP contribution in [0.2, 0.25) is 0 Å². The summed E-state index contributed by atoms with van der Waals surface area (Å²) in [6, 6.07) is 5.75. The summed E-state index contributed by atoms with van der Waals surface area (Å²) in [5, 5.41) is 9.18. The number of anilines is 1. The number of rotatable bonds is 2. The van der Waals surface area contributed by atoms with Gasteiger partial charge in [-0.3, -0.25) is 9.89 Å². The minimum absolute atomic E-state index is 0.112. The summed E-state index contributed by atoms with van der Waals surface area (Å²) in [6.07, 6.45) is 3.21. The third kappa shape index (κ3) is 2.11. The second-order valence-electron chi connectivity index (χ2n) is 3.76. The van der Waals surface area contributed by atoms with E-state index >= 15 is 0 Å². The predicted molar refractivity (Wildman–Crippen MR) is 62.5 cm³/mol. The fraction of sp³-hybridized carbons (Fsp3) is 0.167. The van der Waals surface area contributed by atoms with Gasteiger partial charge in [-0.05, 0) is 25.5 Å². The molecule has 0 spiro atoms. The zero-order valence-corrected chi connectivity index (χ0v) is 9.24. The molecule has 1 amide bonds. The van der Waals surface area contributed by atoms with E-state index in [9.17, 15) is 4.79 Å². The molecule has 16 heavy (non-hydrogen) atoms. The second kappa shape index (κ2) is 4.18. The minimum atomic E-state index is -0.112. The van der Waals surface area contributed by atoms with E-state index in [1.165, 1.54) is 0 Å². The maximum absolute atomic E-state index is 11.9.